The molecule has 3 heterocycles. The first-order chi connectivity index (χ1) is 14.1. The average molecular weight is 446 g/mol. The quantitative estimate of drug-likeness (QED) is 0.513. The molecule has 0 amide bonds. The molecule has 8 nitrogen and oxygen atoms in total. The maximum absolute atomic E-state index is 12.5. The predicted molar refractivity (Wildman–Crippen MR) is 97.7 cm³/mol. The molecule has 1 saturated heterocycles. The molecule has 0 spiro atoms. The Morgan fingerprint density at radius 2 is 2.07 bits per heavy atom. The van der Waals surface area contributed by atoms with Gasteiger partial charge in [0.2, 0.25) is 5.88 Å². The van der Waals surface area contributed by atoms with Gasteiger partial charge in [0.25, 0.3) is 0 Å². The Morgan fingerprint density at radius 3 is 2.77 bits per heavy atom. The first-order valence-electron chi connectivity index (χ1n) is 9.14. The standard InChI is InChI=1S/C18H17F3N2O6S/c19-18(20,21)30(25,26)29-12-3-4-14-11(8-12)5-6-23-15(14)9-16(22-17(23)24)28-10-13-2-1-7-27-13/h3-4,8-9,13H,1-2,5-7,10H2. The number of alkyl halides is 3. The minimum Gasteiger partial charge on any atom is -0.475 e. The summed E-state index contributed by atoms with van der Waals surface area (Å²) in [5, 5.41) is 0. The normalized spacial score (nSPS) is 18.6. The average Bonchev–Trinajstić information content (AvgIpc) is 3.18. The minimum absolute atomic E-state index is 0.0619. The fourth-order valence-corrected chi connectivity index (χ4v) is 3.89. The predicted octanol–water partition coefficient (Wildman–Crippen LogP) is 2.25. The zero-order chi connectivity index (χ0) is 21.5. The molecule has 1 unspecified atom stereocenters. The van der Waals surface area contributed by atoms with E-state index < -0.39 is 27.1 Å². The summed E-state index contributed by atoms with van der Waals surface area (Å²) in [5.74, 6) is -0.333. The van der Waals surface area contributed by atoms with Gasteiger partial charge in [0, 0.05) is 24.8 Å². The van der Waals surface area contributed by atoms with Gasteiger partial charge in [-0.1, -0.05) is 0 Å². The Morgan fingerprint density at radius 1 is 1.27 bits per heavy atom. The molecule has 162 valence electrons. The molecule has 0 saturated carbocycles. The van der Waals surface area contributed by atoms with E-state index in [1.165, 1.54) is 16.7 Å². The summed E-state index contributed by atoms with van der Waals surface area (Å²) >= 11 is 0. The first-order valence-corrected chi connectivity index (χ1v) is 10.6. The lowest BCUT2D eigenvalue weighted by atomic mass is 9.97. The van der Waals surface area contributed by atoms with Crippen LogP contribution in [0, 0.1) is 0 Å². The van der Waals surface area contributed by atoms with Gasteiger partial charge in [0.15, 0.2) is 0 Å². The van der Waals surface area contributed by atoms with Crippen LogP contribution in [0.1, 0.15) is 18.4 Å². The highest BCUT2D eigenvalue weighted by Crippen LogP contribution is 2.34. The van der Waals surface area contributed by atoms with Crippen molar-refractivity contribution in [1.29, 1.82) is 0 Å². The fraction of sp³-hybridized carbons (Fsp3) is 0.444. The van der Waals surface area contributed by atoms with Gasteiger partial charge in [0.05, 0.1) is 11.8 Å². The second-order valence-electron chi connectivity index (χ2n) is 6.91. The van der Waals surface area contributed by atoms with E-state index in [4.69, 9.17) is 9.47 Å². The van der Waals surface area contributed by atoms with Crippen LogP contribution in [-0.2, 0) is 27.8 Å². The summed E-state index contributed by atoms with van der Waals surface area (Å²) in [6.07, 6.45) is 2.03. The van der Waals surface area contributed by atoms with E-state index in [1.807, 2.05) is 0 Å². The second-order valence-corrected chi connectivity index (χ2v) is 8.45. The van der Waals surface area contributed by atoms with Crippen molar-refractivity contribution in [2.24, 2.45) is 0 Å². The molecule has 0 N–H and O–H groups in total. The molecule has 4 rings (SSSR count). The molecule has 0 aliphatic carbocycles. The number of aromatic nitrogens is 2. The molecule has 2 aliphatic rings. The van der Waals surface area contributed by atoms with Crippen molar-refractivity contribution >= 4 is 10.1 Å². The van der Waals surface area contributed by atoms with E-state index in [1.54, 1.807) is 6.07 Å². The van der Waals surface area contributed by atoms with Crippen molar-refractivity contribution in [3.8, 4) is 22.9 Å². The lowest BCUT2D eigenvalue weighted by Gasteiger charge is -2.22. The van der Waals surface area contributed by atoms with Crippen molar-refractivity contribution in [2.75, 3.05) is 13.2 Å². The van der Waals surface area contributed by atoms with E-state index in [-0.39, 0.29) is 25.1 Å². The number of benzene rings is 1. The van der Waals surface area contributed by atoms with Crippen LogP contribution in [-0.4, -0.2) is 42.8 Å². The first kappa shape index (κ1) is 20.7. The Balaban J connectivity index is 1.62. The monoisotopic (exact) mass is 446 g/mol. The van der Waals surface area contributed by atoms with Gasteiger partial charge in [-0.15, -0.1) is 0 Å². The van der Waals surface area contributed by atoms with Crippen LogP contribution in [0.25, 0.3) is 11.3 Å². The van der Waals surface area contributed by atoms with Gasteiger partial charge in [-0.05, 0) is 43.0 Å². The molecule has 2 aromatic rings. The van der Waals surface area contributed by atoms with Crippen LogP contribution in [0.2, 0.25) is 0 Å². The van der Waals surface area contributed by atoms with Crippen molar-refractivity contribution < 1.29 is 35.2 Å². The lowest BCUT2D eigenvalue weighted by Crippen LogP contribution is -2.29. The molecule has 0 radical (unpaired) electrons. The summed E-state index contributed by atoms with van der Waals surface area (Å²) in [4.78, 5) is 16.3. The van der Waals surface area contributed by atoms with E-state index >= 15 is 0 Å². The molecule has 1 fully saturated rings. The van der Waals surface area contributed by atoms with Gasteiger partial charge >= 0.3 is 21.3 Å². The van der Waals surface area contributed by atoms with Crippen molar-refractivity contribution in [3.05, 3.63) is 40.3 Å². The van der Waals surface area contributed by atoms with Crippen LogP contribution in [0.3, 0.4) is 0 Å². The number of hydrogen-bond donors (Lipinski definition) is 0. The van der Waals surface area contributed by atoms with E-state index in [9.17, 15) is 26.4 Å². The summed E-state index contributed by atoms with van der Waals surface area (Å²) < 4.78 is 76.8. The molecule has 0 bridgehead atoms. The fourth-order valence-electron chi connectivity index (χ4n) is 3.44. The third-order valence-corrected chi connectivity index (χ3v) is 5.85. The number of halogens is 3. The maximum atomic E-state index is 12.5. The van der Waals surface area contributed by atoms with Gasteiger partial charge in [0.1, 0.15) is 12.4 Å². The Hall–Kier alpha value is -2.60. The smallest absolute Gasteiger partial charge is 0.475 e. The number of rotatable bonds is 5. The van der Waals surface area contributed by atoms with Crippen molar-refractivity contribution in [1.82, 2.24) is 9.55 Å². The lowest BCUT2D eigenvalue weighted by molar-refractivity contribution is -0.0500. The van der Waals surface area contributed by atoms with E-state index in [0.717, 1.165) is 18.9 Å². The maximum Gasteiger partial charge on any atom is 0.534 e. The van der Waals surface area contributed by atoms with Crippen molar-refractivity contribution in [2.45, 2.75) is 37.4 Å². The molecule has 1 aromatic heterocycles. The van der Waals surface area contributed by atoms with E-state index in [2.05, 4.69) is 9.17 Å². The molecule has 12 heteroatoms. The molecule has 1 atom stereocenters. The zero-order valence-electron chi connectivity index (χ0n) is 15.5. The number of aryl methyl sites for hydroxylation is 1. The summed E-state index contributed by atoms with van der Waals surface area (Å²) in [7, 11) is -5.76. The highest BCUT2D eigenvalue weighted by atomic mass is 32.2. The van der Waals surface area contributed by atoms with Gasteiger partial charge in [-0.3, -0.25) is 4.57 Å². The number of fused-ring (bicyclic) bond motifs is 3. The van der Waals surface area contributed by atoms with E-state index in [0.29, 0.717) is 29.8 Å². The van der Waals surface area contributed by atoms with Gasteiger partial charge in [-0.25, -0.2) is 4.79 Å². The highest BCUT2D eigenvalue weighted by Gasteiger charge is 2.48. The number of nitrogens with zero attached hydrogens (tertiary/aromatic N) is 2. The Kier molecular flexibility index (Phi) is 5.22. The molecule has 2 aliphatic heterocycles. The van der Waals surface area contributed by atoms with Crippen LogP contribution in [0.15, 0.2) is 29.1 Å². The van der Waals surface area contributed by atoms with Crippen molar-refractivity contribution in [3.63, 3.8) is 0 Å². The Bertz CT molecular complexity index is 1120. The van der Waals surface area contributed by atoms with Gasteiger partial charge < -0.3 is 13.7 Å². The highest BCUT2D eigenvalue weighted by molar-refractivity contribution is 7.88. The SMILES string of the molecule is O=c1nc(OCC2CCCO2)cc2n1CCc1cc(OS(=O)(=O)C(F)(F)F)ccc1-2. The number of ether oxygens (including phenoxy) is 2. The molecule has 1 aromatic carbocycles. The Labute approximate surface area is 169 Å². The second kappa shape index (κ2) is 7.58. The van der Waals surface area contributed by atoms with Gasteiger partial charge in [-0.2, -0.15) is 26.6 Å². The van der Waals surface area contributed by atoms with Crippen LogP contribution >= 0.6 is 0 Å². The molecular formula is C18H17F3N2O6S. The number of hydrogen-bond acceptors (Lipinski definition) is 7. The third kappa shape index (κ3) is 4.01. The third-order valence-electron chi connectivity index (χ3n) is 4.88. The summed E-state index contributed by atoms with van der Waals surface area (Å²) in [6, 6.07) is 5.31. The van der Waals surface area contributed by atoms with Crippen LogP contribution < -0.4 is 14.6 Å². The summed E-state index contributed by atoms with van der Waals surface area (Å²) in [5.41, 5.74) is -4.46. The zero-order valence-corrected chi connectivity index (χ0v) is 16.3. The molecular weight excluding hydrogens is 429 g/mol. The van der Waals surface area contributed by atoms with Crippen LogP contribution in [0.5, 0.6) is 11.6 Å². The van der Waals surface area contributed by atoms with Crippen LogP contribution in [0.4, 0.5) is 13.2 Å². The largest absolute Gasteiger partial charge is 0.534 e. The minimum atomic E-state index is -5.76. The molecule has 30 heavy (non-hydrogen) atoms. The summed E-state index contributed by atoms with van der Waals surface area (Å²) in [6.45, 7) is 1.15. The topological polar surface area (TPSA) is 96.7 Å².